The van der Waals surface area contributed by atoms with Gasteiger partial charge in [-0.3, -0.25) is 45.0 Å². The predicted octanol–water partition coefficient (Wildman–Crippen LogP) is 9.33. The lowest BCUT2D eigenvalue weighted by Crippen LogP contribution is -2.35. The number of hydrogen-bond donors (Lipinski definition) is 4. The van der Waals surface area contributed by atoms with Crippen molar-refractivity contribution in [1.29, 1.82) is 0 Å². The molecule has 0 atom stereocenters. The van der Waals surface area contributed by atoms with Crippen LogP contribution in [0, 0.1) is 14.3 Å². The molecule has 0 aliphatic carbocycles. The average molecular weight is 1390 g/mol. The fourth-order valence-corrected chi connectivity index (χ4v) is 8.29. The summed E-state index contributed by atoms with van der Waals surface area (Å²) in [4.78, 5) is 73.5. The second-order valence-electron chi connectivity index (χ2n) is 14.0. The van der Waals surface area contributed by atoms with Gasteiger partial charge >= 0.3 is 0 Å². The number of hydrogen-bond acceptors (Lipinski definition) is 7. The van der Waals surface area contributed by atoms with E-state index in [0.29, 0.717) is 22.6 Å². The quantitative estimate of drug-likeness (QED) is 0.0732. The van der Waals surface area contributed by atoms with Crippen molar-refractivity contribution in [2.75, 3.05) is 15.0 Å². The zero-order chi connectivity index (χ0) is 47.1. The largest absolute Gasteiger partial charge is 0.507 e. The Kier molecular flexibility index (Phi) is 16.1. The van der Waals surface area contributed by atoms with Crippen LogP contribution in [0.4, 0.5) is 17.1 Å². The van der Waals surface area contributed by atoms with E-state index in [1.54, 1.807) is 60.7 Å². The highest BCUT2D eigenvalue weighted by Crippen LogP contribution is 2.28. The molecule has 6 aromatic carbocycles. The fourth-order valence-electron chi connectivity index (χ4n) is 6.26. The normalized spacial score (nSPS) is 16.3. The van der Waals surface area contributed by atoms with Gasteiger partial charge in [-0.05, 0) is 223 Å². The Labute approximate surface area is 441 Å². The molecule has 3 aliphatic rings. The summed E-state index contributed by atoms with van der Waals surface area (Å²) in [6.07, 6.45) is 4.60. The minimum atomic E-state index is -0.507. The Morgan fingerprint density at radius 3 is 1.24 bits per heavy atom. The molecule has 4 N–H and O–H groups in total. The standard InChI is InChI=1S/C16H10BrIN2O3.C16H10I2N2O2.C16H11IN2O2/c17-10-1-6-14(21)9(7-10)8-13-15(22)19-20(16(13)23)12-4-2-11(18)3-5-12;17-11-4-6-13(7-5-11)20-16(22)14(15(21)19-20)9-10-2-1-3-12(18)8-10;17-12-6-8-13(9-7-12)19-16(21)14(15(20)18-19)10-11-4-2-1-3-5-11/h1-8,21H,(H,19,22);1-9H,(H,19,21);1-10H,(H,18,20). The maximum Gasteiger partial charge on any atom is 0.282 e. The van der Waals surface area contributed by atoms with Crippen molar-refractivity contribution in [3.8, 4) is 5.75 Å². The first-order valence-corrected chi connectivity index (χ1v) is 24.4. The third-order valence-corrected chi connectivity index (χ3v) is 12.8. The Balaban J connectivity index is 0.000000147. The molecule has 0 bridgehead atoms. The topological polar surface area (TPSA) is 168 Å². The van der Waals surface area contributed by atoms with Crippen LogP contribution in [-0.4, -0.2) is 40.5 Å². The number of amides is 6. The molecule has 6 amide bonds. The third kappa shape index (κ3) is 11.9. The van der Waals surface area contributed by atoms with Gasteiger partial charge in [0.05, 0.1) is 17.1 Å². The fraction of sp³-hybridized carbons (Fsp3) is 0. The molecular formula is C48H31BrI4N6O7. The predicted molar refractivity (Wildman–Crippen MR) is 290 cm³/mol. The lowest BCUT2D eigenvalue weighted by atomic mass is 10.1. The van der Waals surface area contributed by atoms with Crippen molar-refractivity contribution in [2.24, 2.45) is 0 Å². The zero-order valence-electron chi connectivity index (χ0n) is 33.7. The molecule has 18 heteroatoms. The average Bonchev–Trinajstić information content (AvgIpc) is 3.86. The molecule has 0 radical (unpaired) electrons. The van der Waals surface area contributed by atoms with Gasteiger partial charge < -0.3 is 5.11 Å². The van der Waals surface area contributed by atoms with E-state index >= 15 is 0 Å². The number of rotatable bonds is 6. The van der Waals surface area contributed by atoms with E-state index in [2.05, 4.69) is 123 Å². The van der Waals surface area contributed by atoms with Crippen LogP contribution in [0.5, 0.6) is 5.75 Å². The molecule has 3 fully saturated rings. The minimum Gasteiger partial charge on any atom is -0.507 e. The van der Waals surface area contributed by atoms with E-state index in [-0.39, 0.29) is 46.1 Å². The van der Waals surface area contributed by atoms with Crippen LogP contribution >= 0.6 is 106 Å². The highest BCUT2D eigenvalue weighted by atomic mass is 127. The molecule has 3 aliphatic heterocycles. The van der Waals surface area contributed by atoms with Gasteiger partial charge in [0.15, 0.2) is 0 Å². The summed E-state index contributed by atoms with van der Waals surface area (Å²) < 4.78 is 4.94. The van der Waals surface area contributed by atoms with Crippen LogP contribution < -0.4 is 31.3 Å². The maximum atomic E-state index is 12.5. The molecule has 66 heavy (non-hydrogen) atoms. The first-order chi connectivity index (χ1) is 31.6. The van der Waals surface area contributed by atoms with Crippen LogP contribution in [0.25, 0.3) is 18.2 Å². The number of anilines is 3. The number of carbonyl (C=O) groups excluding carboxylic acids is 6. The lowest BCUT2D eigenvalue weighted by molar-refractivity contribution is -0.118. The number of hydrazine groups is 3. The summed E-state index contributed by atoms with van der Waals surface area (Å²) in [5.74, 6) is -2.43. The number of halogens is 5. The molecular weight excluding hydrogens is 1360 g/mol. The van der Waals surface area contributed by atoms with Gasteiger partial charge in [0.1, 0.15) is 22.5 Å². The SMILES string of the molecule is O=C1NN(c2ccc(I)cc2)C(=O)C1=Cc1cc(Br)ccc1O.O=C1NN(c2ccc(I)cc2)C(=O)C1=Cc1cccc(I)c1.O=C1NN(c2ccc(I)cc2)C(=O)C1=Cc1ccccc1. The Bertz CT molecular complexity index is 2990. The van der Waals surface area contributed by atoms with E-state index in [9.17, 15) is 33.9 Å². The van der Waals surface area contributed by atoms with Crippen molar-refractivity contribution >= 4 is 177 Å². The summed E-state index contributed by atoms with van der Waals surface area (Å²) in [6.45, 7) is 0. The van der Waals surface area contributed by atoms with E-state index in [1.807, 2.05) is 91.0 Å². The molecule has 0 saturated carbocycles. The Morgan fingerprint density at radius 1 is 0.424 bits per heavy atom. The van der Waals surface area contributed by atoms with Crippen molar-refractivity contribution in [1.82, 2.24) is 16.3 Å². The molecule has 6 aromatic rings. The van der Waals surface area contributed by atoms with Gasteiger partial charge in [-0.25, -0.2) is 15.0 Å². The first-order valence-electron chi connectivity index (χ1n) is 19.3. The number of phenolic OH excluding ortho intramolecular Hbond substituents is 1. The number of nitrogens with one attached hydrogen (secondary N) is 3. The minimum absolute atomic E-state index is 0.00554. The molecule has 3 saturated heterocycles. The van der Waals surface area contributed by atoms with E-state index in [1.165, 1.54) is 27.2 Å². The molecule has 13 nitrogen and oxygen atoms in total. The van der Waals surface area contributed by atoms with Crippen molar-refractivity contribution in [3.63, 3.8) is 0 Å². The van der Waals surface area contributed by atoms with Gasteiger partial charge in [0.25, 0.3) is 35.4 Å². The van der Waals surface area contributed by atoms with Gasteiger partial charge in [0, 0.05) is 24.3 Å². The summed E-state index contributed by atoms with van der Waals surface area (Å²) in [6, 6.07) is 43.7. The second-order valence-corrected chi connectivity index (χ2v) is 19.9. The number of carbonyl (C=O) groups is 6. The first kappa shape index (κ1) is 48.5. The van der Waals surface area contributed by atoms with Crippen LogP contribution in [0.3, 0.4) is 0 Å². The van der Waals surface area contributed by atoms with Gasteiger partial charge in [0.2, 0.25) is 0 Å². The monoisotopic (exact) mass is 1390 g/mol. The van der Waals surface area contributed by atoms with Crippen molar-refractivity contribution < 1.29 is 33.9 Å². The maximum absolute atomic E-state index is 12.5. The smallest absolute Gasteiger partial charge is 0.282 e. The number of phenols is 1. The molecule has 3 heterocycles. The molecule has 0 spiro atoms. The third-order valence-electron chi connectivity index (χ3n) is 9.49. The number of benzene rings is 6. The summed E-state index contributed by atoms with van der Waals surface area (Å²) >= 11 is 12.0. The van der Waals surface area contributed by atoms with Gasteiger partial charge in [-0.15, -0.1) is 0 Å². The number of aromatic hydroxyl groups is 1. The molecule has 9 rings (SSSR count). The van der Waals surface area contributed by atoms with Crippen molar-refractivity contribution in [3.05, 3.63) is 198 Å². The molecule has 0 unspecified atom stereocenters. The van der Waals surface area contributed by atoms with Crippen LogP contribution in [-0.2, 0) is 28.8 Å². The van der Waals surface area contributed by atoms with Crippen LogP contribution in [0.2, 0.25) is 0 Å². The van der Waals surface area contributed by atoms with Crippen LogP contribution in [0.1, 0.15) is 16.7 Å². The Morgan fingerprint density at radius 2 is 0.818 bits per heavy atom. The van der Waals surface area contributed by atoms with E-state index in [4.69, 9.17) is 0 Å². The Hall–Kier alpha value is -5.44. The van der Waals surface area contributed by atoms with Gasteiger partial charge in [-0.1, -0.05) is 58.4 Å². The highest BCUT2D eigenvalue weighted by Gasteiger charge is 2.36. The summed E-state index contributed by atoms with van der Waals surface area (Å²) in [5, 5.41) is 13.6. The highest BCUT2D eigenvalue weighted by molar-refractivity contribution is 14.1. The van der Waals surface area contributed by atoms with Crippen LogP contribution in [0.15, 0.2) is 167 Å². The molecule has 0 aromatic heterocycles. The van der Waals surface area contributed by atoms with E-state index in [0.717, 1.165) is 29.9 Å². The van der Waals surface area contributed by atoms with E-state index < -0.39 is 11.8 Å². The lowest BCUT2D eigenvalue weighted by Gasteiger charge is -2.14. The van der Waals surface area contributed by atoms with Gasteiger partial charge in [-0.2, -0.15) is 0 Å². The number of nitrogens with zero attached hydrogens (tertiary/aromatic N) is 3. The molecule has 330 valence electrons. The zero-order valence-corrected chi connectivity index (χ0v) is 43.9. The summed E-state index contributed by atoms with van der Waals surface area (Å²) in [5.41, 5.74) is 11.9. The van der Waals surface area contributed by atoms with Crippen molar-refractivity contribution in [2.45, 2.75) is 0 Å². The second kappa shape index (κ2) is 21.9. The summed E-state index contributed by atoms with van der Waals surface area (Å²) in [7, 11) is 0.